The largest absolute Gasteiger partial charge is 0.342 e. The van der Waals surface area contributed by atoms with E-state index in [9.17, 15) is 0 Å². The number of imidazole rings is 1. The van der Waals surface area contributed by atoms with E-state index in [-0.39, 0.29) is 0 Å². The molecule has 0 unspecified atom stereocenters. The van der Waals surface area contributed by atoms with Crippen LogP contribution >= 0.6 is 0 Å². The number of hydrogen-bond donors (Lipinski definition) is 1. The lowest BCUT2D eigenvalue weighted by molar-refractivity contribution is 1.03. The van der Waals surface area contributed by atoms with Crippen LogP contribution in [0, 0.1) is 13.8 Å². The number of benzene rings is 2. The van der Waals surface area contributed by atoms with E-state index in [1.807, 2.05) is 0 Å². The molecule has 3 rings (SSSR count). The van der Waals surface area contributed by atoms with Crippen molar-refractivity contribution in [2.75, 3.05) is 0 Å². The number of aryl methyl sites for hydroxylation is 2. The number of fused-ring (bicyclic) bond motifs is 1. The van der Waals surface area contributed by atoms with Crippen molar-refractivity contribution in [3.63, 3.8) is 0 Å². The number of nitrogens with one attached hydrogen (secondary N) is 1. The lowest BCUT2D eigenvalue weighted by Gasteiger charge is -2.02. The van der Waals surface area contributed by atoms with Crippen molar-refractivity contribution in [2.45, 2.75) is 20.3 Å². The van der Waals surface area contributed by atoms with Crippen LogP contribution in [0.25, 0.3) is 11.0 Å². The maximum absolute atomic E-state index is 4.63. The fraction of sp³-hybridized carbons (Fsp3) is 0.188. The van der Waals surface area contributed by atoms with Gasteiger partial charge in [0.05, 0.1) is 11.0 Å². The quantitative estimate of drug-likeness (QED) is 0.721. The highest BCUT2D eigenvalue weighted by Gasteiger charge is 2.05. The van der Waals surface area contributed by atoms with Gasteiger partial charge < -0.3 is 4.98 Å². The van der Waals surface area contributed by atoms with Gasteiger partial charge in [0.1, 0.15) is 5.82 Å². The summed E-state index contributed by atoms with van der Waals surface area (Å²) >= 11 is 0. The molecule has 0 amide bonds. The molecule has 0 atom stereocenters. The molecule has 0 fully saturated rings. The summed E-state index contributed by atoms with van der Waals surface area (Å²) in [6, 6.07) is 14.8. The average Bonchev–Trinajstić information content (AvgIpc) is 2.73. The minimum atomic E-state index is 0.862. The van der Waals surface area contributed by atoms with E-state index in [0.29, 0.717) is 0 Å². The highest BCUT2D eigenvalue weighted by atomic mass is 14.9. The first-order valence-corrected chi connectivity index (χ1v) is 6.22. The Morgan fingerprint density at radius 1 is 1.06 bits per heavy atom. The summed E-state index contributed by atoms with van der Waals surface area (Å²) in [5, 5.41) is 0. The first kappa shape index (κ1) is 11.0. The highest BCUT2D eigenvalue weighted by Crippen LogP contribution is 2.16. The van der Waals surface area contributed by atoms with Crippen LogP contribution in [0.3, 0.4) is 0 Å². The van der Waals surface area contributed by atoms with Gasteiger partial charge in [-0.3, -0.25) is 0 Å². The van der Waals surface area contributed by atoms with Crippen LogP contribution < -0.4 is 0 Å². The Balaban J connectivity index is 1.98. The summed E-state index contributed by atoms with van der Waals surface area (Å²) in [7, 11) is 0. The van der Waals surface area contributed by atoms with Crippen LogP contribution in [0.2, 0.25) is 0 Å². The van der Waals surface area contributed by atoms with E-state index in [4.69, 9.17) is 0 Å². The topological polar surface area (TPSA) is 28.7 Å². The standard InChI is InChI=1S/C16H16N2/c1-11-7-8-14-15(9-11)18-16(17-14)10-13-6-4-3-5-12(13)2/h3-9H,10H2,1-2H3,(H,17,18). The van der Waals surface area contributed by atoms with Gasteiger partial charge in [-0.05, 0) is 42.7 Å². The monoisotopic (exact) mass is 236 g/mol. The Bertz CT molecular complexity index is 695. The molecule has 18 heavy (non-hydrogen) atoms. The minimum Gasteiger partial charge on any atom is -0.342 e. The van der Waals surface area contributed by atoms with E-state index < -0.39 is 0 Å². The first-order chi connectivity index (χ1) is 8.72. The molecule has 0 spiro atoms. The van der Waals surface area contributed by atoms with Crippen molar-refractivity contribution < 1.29 is 0 Å². The average molecular weight is 236 g/mol. The van der Waals surface area contributed by atoms with Gasteiger partial charge in [0.15, 0.2) is 0 Å². The number of aromatic amines is 1. The minimum absolute atomic E-state index is 0.862. The van der Waals surface area contributed by atoms with Crippen molar-refractivity contribution in [2.24, 2.45) is 0 Å². The van der Waals surface area contributed by atoms with Gasteiger partial charge in [-0.25, -0.2) is 4.98 Å². The second-order valence-corrected chi connectivity index (χ2v) is 4.81. The molecule has 0 saturated carbocycles. The van der Waals surface area contributed by atoms with E-state index in [1.165, 1.54) is 16.7 Å². The Morgan fingerprint density at radius 2 is 1.89 bits per heavy atom. The van der Waals surface area contributed by atoms with Crippen LogP contribution in [-0.4, -0.2) is 9.97 Å². The van der Waals surface area contributed by atoms with E-state index in [1.54, 1.807) is 0 Å². The molecule has 3 aromatic rings. The van der Waals surface area contributed by atoms with Gasteiger partial charge in [0.25, 0.3) is 0 Å². The van der Waals surface area contributed by atoms with Gasteiger partial charge in [-0.2, -0.15) is 0 Å². The second kappa shape index (κ2) is 4.30. The van der Waals surface area contributed by atoms with Crippen LogP contribution in [0.1, 0.15) is 22.5 Å². The lowest BCUT2D eigenvalue weighted by Crippen LogP contribution is -1.93. The normalized spacial score (nSPS) is 11.0. The molecule has 1 aromatic heterocycles. The number of rotatable bonds is 2. The van der Waals surface area contributed by atoms with Gasteiger partial charge in [0, 0.05) is 6.42 Å². The van der Waals surface area contributed by atoms with Crippen molar-refractivity contribution in [3.05, 3.63) is 65.0 Å². The number of H-pyrrole nitrogens is 1. The van der Waals surface area contributed by atoms with Gasteiger partial charge >= 0.3 is 0 Å². The zero-order valence-electron chi connectivity index (χ0n) is 10.7. The lowest BCUT2D eigenvalue weighted by atomic mass is 10.1. The smallest absolute Gasteiger partial charge is 0.111 e. The van der Waals surface area contributed by atoms with Crippen LogP contribution in [0.5, 0.6) is 0 Å². The van der Waals surface area contributed by atoms with Crippen molar-refractivity contribution in [1.82, 2.24) is 9.97 Å². The molecule has 0 bridgehead atoms. The van der Waals surface area contributed by atoms with E-state index >= 15 is 0 Å². The Morgan fingerprint density at radius 3 is 2.72 bits per heavy atom. The zero-order valence-corrected chi connectivity index (χ0v) is 10.7. The van der Waals surface area contributed by atoms with E-state index in [2.05, 4.69) is 66.3 Å². The maximum Gasteiger partial charge on any atom is 0.111 e. The molecule has 1 heterocycles. The van der Waals surface area contributed by atoms with Crippen molar-refractivity contribution in [1.29, 1.82) is 0 Å². The van der Waals surface area contributed by atoms with Crippen LogP contribution in [0.4, 0.5) is 0 Å². The third-order valence-corrected chi connectivity index (χ3v) is 3.31. The molecule has 2 heteroatoms. The molecule has 90 valence electrons. The molecule has 0 aliphatic rings. The molecule has 0 aliphatic carbocycles. The molecule has 0 saturated heterocycles. The first-order valence-electron chi connectivity index (χ1n) is 6.22. The fourth-order valence-electron chi connectivity index (χ4n) is 2.25. The zero-order chi connectivity index (χ0) is 12.5. The highest BCUT2D eigenvalue weighted by molar-refractivity contribution is 5.75. The maximum atomic E-state index is 4.63. The van der Waals surface area contributed by atoms with Crippen LogP contribution in [0.15, 0.2) is 42.5 Å². The van der Waals surface area contributed by atoms with Gasteiger partial charge in [0.2, 0.25) is 0 Å². The molecule has 0 aliphatic heterocycles. The second-order valence-electron chi connectivity index (χ2n) is 4.81. The van der Waals surface area contributed by atoms with E-state index in [0.717, 1.165) is 23.3 Å². The summed E-state index contributed by atoms with van der Waals surface area (Å²) in [4.78, 5) is 8.04. The molecule has 0 radical (unpaired) electrons. The van der Waals surface area contributed by atoms with Crippen molar-refractivity contribution in [3.8, 4) is 0 Å². The molecule has 1 N–H and O–H groups in total. The number of hydrogen-bond acceptors (Lipinski definition) is 1. The predicted molar refractivity (Wildman–Crippen MR) is 74.8 cm³/mol. The SMILES string of the molecule is Cc1ccc2nc(Cc3ccccc3C)[nH]c2c1. The summed E-state index contributed by atoms with van der Waals surface area (Å²) in [5.74, 6) is 1.03. The number of nitrogens with zero attached hydrogens (tertiary/aromatic N) is 1. The Labute approximate surface area is 107 Å². The Hall–Kier alpha value is -2.09. The predicted octanol–water partition coefficient (Wildman–Crippen LogP) is 3.77. The van der Waals surface area contributed by atoms with Gasteiger partial charge in [-0.15, -0.1) is 0 Å². The summed E-state index contributed by atoms with van der Waals surface area (Å²) in [6.45, 7) is 4.24. The molecule has 2 nitrogen and oxygen atoms in total. The third-order valence-electron chi connectivity index (χ3n) is 3.31. The Kier molecular flexibility index (Phi) is 2.63. The molecular formula is C16H16N2. The summed E-state index contributed by atoms with van der Waals surface area (Å²) in [5.41, 5.74) is 6.07. The summed E-state index contributed by atoms with van der Waals surface area (Å²) in [6.07, 6.45) is 0.862. The van der Waals surface area contributed by atoms with Crippen molar-refractivity contribution >= 4 is 11.0 Å². The summed E-state index contributed by atoms with van der Waals surface area (Å²) < 4.78 is 0. The number of aromatic nitrogens is 2. The van der Waals surface area contributed by atoms with Crippen LogP contribution in [-0.2, 0) is 6.42 Å². The van der Waals surface area contributed by atoms with Gasteiger partial charge in [-0.1, -0.05) is 30.3 Å². The molecule has 2 aromatic carbocycles. The third kappa shape index (κ3) is 2.02. The fourth-order valence-corrected chi connectivity index (χ4v) is 2.25. The molecular weight excluding hydrogens is 220 g/mol.